The van der Waals surface area contributed by atoms with Crippen LogP contribution < -0.4 is 24.3 Å². The van der Waals surface area contributed by atoms with Crippen LogP contribution in [-0.4, -0.2) is 39.9 Å². The first kappa shape index (κ1) is 17.0. The van der Waals surface area contributed by atoms with E-state index in [9.17, 15) is 4.79 Å². The van der Waals surface area contributed by atoms with E-state index in [1.165, 1.54) is 0 Å². The second kappa shape index (κ2) is 7.34. The standard InChI is InChI=1S/C19H21NO5/c1-22-14-6-4-5-12(7-14)19(21)20-13-8-16-17(24-3)9-15(23-2)10-18(16)25-11-13/h4-7,9-10,13H,8,11H2,1-3H3,(H,20,21). The molecule has 0 bridgehead atoms. The summed E-state index contributed by atoms with van der Waals surface area (Å²) < 4.78 is 21.7. The number of benzene rings is 2. The molecule has 0 fully saturated rings. The summed E-state index contributed by atoms with van der Waals surface area (Å²) in [7, 11) is 4.78. The number of nitrogens with one attached hydrogen (secondary N) is 1. The fourth-order valence-electron chi connectivity index (χ4n) is 2.85. The molecule has 1 heterocycles. The molecule has 2 aromatic carbocycles. The molecular formula is C19H21NO5. The summed E-state index contributed by atoms with van der Waals surface area (Å²) in [5.74, 6) is 2.57. The van der Waals surface area contributed by atoms with E-state index in [1.54, 1.807) is 45.6 Å². The Hall–Kier alpha value is -2.89. The molecule has 1 amide bonds. The van der Waals surface area contributed by atoms with Crippen molar-refractivity contribution in [2.75, 3.05) is 27.9 Å². The van der Waals surface area contributed by atoms with Gasteiger partial charge in [0.25, 0.3) is 5.91 Å². The summed E-state index contributed by atoms with van der Waals surface area (Å²) >= 11 is 0. The highest BCUT2D eigenvalue weighted by atomic mass is 16.5. The number of rotatable bonds is 5. The molecule has 25 heavy (non-hydrogen) atoms. The van der Waals surface area contributed by atoms with Gasteiger partial charge in [0.2, 0.25) is 0 Å². The Bertz CT molecular complexity index is 757. The first-order chi connectivity index (χ1) is 12.1. The zero-order valence-corrected chi connectivity index (χ0v) is 14.5. The molecule has 3 rings (SSSR count). The van der Waals surface area contributed by atoms with Gasteiger partial charge in [-0.25, -0.2) is 0 Å². The summed E-state index contributed by atoms with van der Waals surface area (Å²) in [5.41, 5.74) is 1.47. The molecule has 6 nitrogen and oxygen atoms in total. The van der Waals surface area contributed by atoms with E-state index in [2.05, 4.69) is 5.32 Å². The van der Waals surface area contributed by atoms with Crippen LogP contribution in [0.3, 0.4) is 0 Å². The monoisotopic (exact) mass is 343 g/mol. The number of methoxy groups -OCH3 is 3. The van der Waals surface area contributed by atoms with Gasteiger partial charge in [0.1, 0.15) is 29.6 Å². The number of carbonyl (C=O) groups excluding carboxylic acids is 1. The number of ether oxygens (including phenoxy) is 4. The zero-order valence-electron chi connectivity index (χ0n) is 14.5. The van der Waals surface area contributed by atoms with Crippen molar-refractivity contribution in [3.05, 3.63) is 47.5 Å². The highest BCUT2D eigenvalue weighted by Gasteiger charge is 2.25. The summed E-state index contributed by atoms with van der Waals surface area (Å²) in [5, 5.41) is 3.00. The van der Waals surface area contributed by atoms with Crippen LogP contribution in [0.1, 0.15) is 15.9 Å². The number of fused-ring (bicyclic) bond motifs is 1. The fourth-order valence-corrected chi connectivity index (χ4v) is 2.85. The van der Waals surface area contributed by atoms with E-state index < -0.39 is 0 Å². The van der Waals surface area contributed by atoms with Crippen LogP contribution in [0.25, 0.3) is 0 Å². The lowest BCUT2D eigenvalue weighted by molar-refractivity contribution is 0.0914. The molecule has 0 aromatic heterocycles. The summed E-state index contributed by atoms with van der Waals surface area (Å²) in [6.45, 7) is 0.388. The number of hydrogen-bond acceptors (Lipinski definition) is 5. The average molecular weight is 343 g/mol. The molecule has 1 unspecified atom stereocenters. The average Bonchev–Trinajstić information content (AvgIpc) is 2.67. The summed E-state index contributed by atoms with van der Waals surface area (Å²) in [4.78, 5) is 12.5. The van der Waals surface area contributed by atoms with Gasteiger partial charge in [-0.05, 0) is 18.2 Å². The van der Waals surface area contributed by atoms with Gasteiger partial charge >= 0.3 is 0 Å². The van der Waals surface area contributed by atoms with Crippen molar-refractivity contribution in [3.63, 3.8) is 0 Å². The maximum Gasteiger partial charge on any atom is 0.251 e. The normalized spacial score (nSPS) is 15.6. The Balaban J connectivity index is 1.75. The van der Waals surface area contributed by atoms with Crippen molar-refractivity contribution in [1.29, 1.82) is 0 Å². The first-order valence-corrected chi connectivity index (χ1v) is 7.97. The third-order valence-corrected chi connectivity index (χ3v) is 4.15. The van der Waals surface area contributed by atoms with Crippen LogP contribution in [0.4, 0.5) is 0 Å². The Morgan fingerprint density at radius 2 is 1.88 bits per heavy atom. The van der Waals surface area contributed by atoms with Crippen LogP contribution in [0.2, 0.25) is 0 Å². The van der Waals surface area contributed by atoms with Crippen LogP contribution in [0.15, 0.2) is 36.4 Å². The highest BCUT2D eigenvalue weighted by molar-refractivity contribution is 5.94. The quantitative estimate of drug-likeness (QED) is 0.903. The van der Waals surface area contributed by atoms with E-state index in [0.29, 0.717) is 35.8 Å². The molecule has 1 atom stereocenters. The van der Waals surface area contributed by atoms with E-state index >= 15 is 0 Å². The Morgan fingerprint density at radius 3 is 2.60 bits per heavy atom. The number of carbonyl (C=O) groups is 1. The molecule has 0 saturated carbocycles. The lowest BCUT2D eigenvalue weighted by Crippen LogP contribution is -2.42. The first-order valence-electron chi connectivity index (χ1n) is 7.97. The molecule has 2 aromatic rings. The third-order valence-electron chi connectivity index (χ3n) is 4.15. The summed E-state index contributed by atoms with van der Waals surface area (Å²) in [6.07, 6.45) is 0.623. The van der Waals surface area contributed by atoms with Gasteiger partial charge in [-0.15, -0.1) is 0 Å². The van der Waals surface area contributed by atoms with Crippen LogP contribution in [0.5, 0.6) is 23.0 Å². The maximum absolute atomic E-state index is 12.5. The second-order valence-corrected chi connectivity index (χ2v) is 5.72. The van der Waals surface area contributed by atoms with Crippen LogP contribution in [-0.2, 0) is 6.42 Å². The minimum atomic E-state index is -0.163. The van der Waals surface area contributed by atoms with Crippen molar-refractivity contribution in [3.8, 4) is 23.0 Å². The molecular weight excluding hydrogens is 322 g/mol. The Kier molecular flexibility index (Phi) is 4.97. The van der Waals surface area contributed by atoms with Gasteiger partial charge < -0.3 is 24.3 Å². The third kappa shape index (κ3) is 3.63. The van der Waals surface area contributed by atoms with Gasteiger partial charge in [-0.1, -0.05) is 6.07 Å². The Labute approximate surface area is 146 Å². The van der Waals surface area contributed by atoms with Crippen molar-refractivity contribution < 1.29 is 23.7 Å². The topological polar surface area (TPSA) is 66.0 Å². The zero-order chi connectivity index (χ0) is 17.8. The maximum atomic E-state index is 12.5. The van der Waals surface area contributed by atoms with E-state index in [4.69, 9.17) is 18.9 Å². The number of hydrogen-bond donors (Lipinski definition) is 1. The summed E-state index contributed by atoms with van der Waals surface area (Å²) in [6, 6.07) is 10.5. The van der Waals surface area contributed by atoms with Gasteiger partial charge in [0.05, 0.1) is 27.4 Å². The van der Waals surface area contributed by atoms with Crippen molar-refractivity contribution in [1.82, 2.24) is 5.32 Å². The molecule has 0 aliphatic carbocycles. The molecule has 0 spiro atoms. The largest absolute Gasteiger partial charge is 0.497 e. The van der Waals surface area contributed by atoms with Crippen molar-refractivity contribution >= 4 is 5.91 Å². The predicted molar refractivity (Wildman–Crippen MR) is 93.0 cm³/mol. The van der Waals surface area contributed by atoms with Gasteiger partial charge in [-0.3, -0.25) is 4.79 Å². The SMILES string of the molecule is COc1cccc(C(=O)NC2COc3cc(OC)cc(OC)c3C2)c1. The molecule has 6 heteroatoms. The lowest BCUT2D eigenvalue weighted by atomic mass is 10.0. The minimum Gasteiger partial charge on any atom is -0.497 e. The van der Waals surface area contributed by atoms with Crippen LogP contribution in [0, 0.1) is 0 Å². The lowest BCUT2D eigenvalue weighted by Gasteiger charge is -2.27. The molecule has 0 radical (unpaired) electrons. The minimum absolute atomic E-state index is 0.145. The number of amides is 1. The van der Waals surface area contributed by atoms with Crippen molar-refractivity contribution in [2.24, 2.45) is 0 Å². The molecule has 1 N–H and O–H groups in total. The smallest absolute Gasteiger partial charge is 0.251 e. The van der Waals surface area contributed by atoms with Gasteiger partial charge in [0.15, 0.2) is 0 Å². The molecule has 1 aliphatic rings. The van der Waals surface area contributed by atoms with Crippen molar-refractivity contribution in [2.45, 2.75) is 12.5 Å². The van der Waals surface area contributed by atoms with Gasteiger partial charge in [-0.2, -0.15) is 0 Å². The second-order valence-electron chi connectivity index (χ2n) is 5.72. The van der Waals surface area contributed by atoms with Crippen LogP contribution >= 0.6 is 0 Å². The van der Waals surface area contributed by atoms with E-state index in [1.807, 2.05) is 12.1 Å². The molecule has 0 saturated heterocycles. The van der Waals surface area contributed by atoms with E-state index in [0.717, 1.165) is 11.3 Å². The molecule has 132 valence electrons. The highest BCUT2D eigenvalue weighted by Crippen LogP contribution is 2.37. The predicted octanol–water partition coefficient (Wildman–Crippen LogP) is 2.45. The fraction of sp³-hybridized carbons (Fsp3) is 0.316. The molecule has 1 aliphatic heterocycles. The van der Waals surface area contributed by atoms with E-state index in [-0.39, 0.29) is 11.9 Å². The van der Waals surface area contributed by atoms with Gasteiger partial charge in [0, 0.05) is 29.7 Å². The Morgan fingerprint density at radius 1 is 1.08 bits per heavy atom.